The highest BCUT2D eigenvalue weighted by Crippen LogP contribution is 2.44. The van der Waals surface area contributed by atoms with E-state index < -0.39 is 5.79 Å². The van der Waals surface area contributed by atoms with Gasteiger partial charge in [-0.05, 0) is 90.2 Å². The fourth-order valence-electron chi connectivity index (χ4n) is 6.92. The number of para-hydroxylation sites is 1. The Kier molecular flexibility index (Phi) is 9.16. The molecule has 0 radical (unpaired) electrons. The fourth-order valence-corrected chi connectivity index (χ4v) is 6.92. The van der Waals surface area contributed by atoms with Crippen LogP contribution in [0.1, 0.15) is 60.3 Å². The van der Waals surface area contributed by atoms with Gasteiger partial charge in [-0.3, -0.25) is 4.90 Å². The van der Waals surface area contributed by atoms with Crippen molar-refractivity contribution >= 4 is 5.69 Å². The highest BCUT2D eigenvalue weighted by atomic mass is 16.7. The van der Waals surface area contributed by atoms with E-state index in [1.165, 1.54) is 28.0 Å². The monoisotopic (exact) mass is 544 g/mol. The Morgan fingerprint density at radius 3 is 2.48 bits per heavy atom. The summed E-state index contributed by atoms with van der Waals surface area (Å²) in [4.78, 5) is 5.11. The van der Waals surface area contributed by atoms with Crippen LogP contribution in [0.3, 0.4) is 0 Å². The summed E-state index contributed by atoms with van der Waals surface area (Å²) >= 11 is 0. The first-order chi connectivity index (χ1) is 19.2. The van der Waals surface area contributed by atoms with Crippen molar-refractivity contribution in [1.82, 2.24) is 4.90 Å². The maximum Gasteiger partial charge on any atom is 0.209 e. The number of aliphatic hydroxyl groups excluding tert-OH is 1. The minimum absolute atomic E-state index is 0.0339. The van der Waals surface area contributed by atoms with Gasteiger partial charge in [-0.1, -0.05) is 58.7 Å². The molecule has 40 heavy (non-hydrogen) atoms. The lowest BCUT2D eigenvalue weighted by molar-refractivity contribution is -0.226. The third-order valence-corrected chi connectivity index (χ3v) is 8.94. The van der Waals surface area contributed by atoms with Crippen LogP contribution < -0.4 is 4.90 Å². The van der Waals surface area contributed by atoms with Gasteiger partial charge in [0.05, 0.1) is 18.8 Å². The second kappa shape index (κ2) is 12.6. The van der Waals surface area contributed by atoms with Crippen molar-refractivity contribution in [1.29, 1.82) is 0 Å². The minimum Gasteiger partial charge on any atom is -0.392 e. The quantitative estimate of drug-likeness (QED) is 0.393. The van der Waals surface area contributed by atoms with Gasteiger partial charge in [-0.25, -0.2) is 0 Å². The number of aliphatic hydroxyl groups is 1. The summed E-state index contributed by atoms with van der Waals surface area (Å²) in [5.41, 5.74) is 7.69. The number of anilines is 1. The smallest absolute Gasteiger partial charge is 0.209 e. The summed E-state index contributed by atoms with van der Waals surface area (Å²) < 4.78 is 13.5. The van der Waals surface area contributed by atoms with Gasteiger partial charge in [-0.2, -0.15) is 0 Å². The number of hydrogen-bond acceptors (Lipinski definition) is 5. The lowest BCUT2D eigenvalue weighted by atomic mass is 9.76. The summed E-state index contributed by atoms with van der Waals surface area (Å²) in [6.07, 6.45) is 14.9. The molecule has 1 aliphatic carbocycles. The van der Waals surface area contributed by atoms with E-state index in [2.05, 4.69) is 105 Å². The van der Waals surface area contributed by atoms with E-state index >= 15 is 0 Å². The Morgan fingerprint density at radius 2 is 1.77 bits per heavy atom. The Balaban J connectivity index is 1.29. The number of ether oxygens (including phenoxy) is 2. The highest BCUT2D eigenvalue weighted by Gasteiger charge is 2.46. The predicted molar refractivity (Wildman–Crippen MR) is 164 cm³/mol. The summed E-state index contributed by atoms with van der Waals surface area (Å²) in [7, 11) is 0. The van der Waals surface area contributed by atoms with Crippen molar-refractivity contribution in [3.05, 3.63) is 88.6 Å². The summed E-state index contributed by atoms with van der Waals surface area (Å²) in [6, 6.07) is 11.1. The molecule has 5 rings (SSSR count). The first-order valence-electron chi connectivity index (χ1n) is 15.1. The number of benzene rings is 1. The van der Waals surface area contributed by atoms with E-state index in [1.54, 1.807) is 0 Å². The van der Waals surface area contributed by atoms with Crippen LogP contribution in [-0.4, -0.2) is 66.8 Å². The van der Waals surface area contributed by atoms with Gasteiger partial charge >= 0.3 is 0 Å². The van der Waals surface area contributed by atoms with Crippen LogP contribution in [-0.2, 0) is 9.47 Å². The Morgan fingerprint density at radius 1 is 1.02 bits per heavy atom. The number of rotatable bonds is 7. The topological polar surface area (TPSA) is 45.2 Å². The standard InChI is InChI=1S/C35H48N2O3/c1-25(2)10-9-11-26(3)18-31-19-27(4)22-35(39-31)23-29(24-38)32-21-33(28(5)20-34(32)40-35)37-16-14-36(15-17-37)30-12-7-6-8-13-30/h6-8,10,12-13,18,20,22-23,31-34,38H,9,11,14-17,19,21,24H2,1-5H3/b26-18+/t31-,32-,33-,34-,35+/m1/s1. The molecule has 0 saturated carbocycles. The molecular weight excluding hydrogens is 496 g/mol. The molecule has 3 heterocycles. The van der Waals surface area contributed by atoms with Crippen molar-refractivity contribution in [2.45, 2.75) is 84.3 Å². The molecule has 4 aliphatic rings. The first kappa shape index (κ1) is 29.1. The maximum atomic E-state index is 10.5. The molecule has 5 atom stereocenters. The Labute approximate surface area is 241 Å². The number of fused-ring (bicyclic) bond motifs is 1. The van der Waals surface area contributed by atoms with E-state index in [9.17, 15) is 5.11 Å². The molecule has 0 aromatic heterocycles. The molecule has 0 bridgehead atoms. The molecular formula is C35H48N2O3. The zero-order valence-electron chi connectivity index (χ0n) is 25.1. The minimum atomic E-state index is -0.923. The molecule has 0 unspecified atom stereocenters. The van der Waals surface area contributed by atoms with Crippen LogP contribution in [0.4, 0.5) is 5.69 Å². The van der Waals surface area contributed by atoms with Crippen LogP contribution in [0.15, 0.2) is 88.6 Å². The van der Waals surface area contributed by atoms with Crippen molar-refractivity contribution in [2.24, 2.45) is 5.92 Å². The van der Waals surface area contributed by atoms with E-state index in [1.807, 2.05) is 0 Å². The number of allylic oxidation sites excluding steroid dienone is 3. The number of nitrogens with zero attached hydrogens (tertiary/aromatic N) is 2. The van der Waals surface area contributed by atoms with Gasteiger partial charge in [0.1, 0.15) is 0 Å². The zero-order chi connectivity index (χ0) is 28.3. The highest BCUT2D eigenvalue weighted by molar-refractivity contribution is 5.46. The number of hydrogen-bond donors (Lipinski definition) is 1. The third kappa shape index (κ3) is 6.71. The molecule has 5 heteroatoms. The Bertz CT molecular complexity index is 1180. The lowest BCUT2D eigenvalue weighted by Crippen LogP contribution is -2.55. The molecule has 1 aromatic rings. The SMILES string of the molecule is CC(C)=CCC/C(C)=C/[C@@H]1CC(C)=C[C@]2(C=C(CO)[C@H]3C[C@@H](N4CCN(c5ccccc5)CC4)C(C)=C[C@H]3O2)O1. The predicted octanol–water partition coefficient (Wildman–Crippen LogP) is 6.59. The first-order valence-corrected chi connectivity index (χ1v) is 15.1. The van der Waals surface area contributed by atoms with E-state index in [-0.39, 0.29) is 24.7 Å². The van der Waals surface area contributed by atoms with Crippen LogP contribution >= 0.6 is 0 Å². The summed E-state index contributed by atoms with van der Waals surface area (Å²) in [5.74, 6) is -0.760. The van der Waals surface area contributed by atoms with Crippen molar-refractivity contribution < 1.29 is 14.6 Å². The van der Waals surface area contributed by atoms with Gasteiger partial charge in [0.25, 0.3) is 0 Å². The second-order valence-electron chi connectivity index (χ2n) is 12.5. The van der Waals surface area contributed by atoms with E-state index in [0.29, 0.717) is 6.04 Å². The van der Waals surface area contributed by atoms with Gasteiger partial charge in [0.15, 0.2) is 0 Å². The normalized spacial score (nSPS) is 31.3. The van der Waals surface area contributed by atoms with Crippen molar-refractivity contribution in [3.8, 4) is 0 Å². The largest absolute Gasteiger partial charge is 0.392 e. The third-order valence-electron chi connectivity index (χ3n) is 8.94. The molecule has 1 spiro atoms. The Hall–Kier alpha value is -2.44. The van der Waals surface area contributed by atoms with Crippen LogP contribution in [0.25, 0.3) is 0 Å². The molecule has 1 saturated heterocycles. The zero-order valence-corrected chi connectivity index (χ0v) is 25.1. The average Bonchev–Trinajstić information content (AvgIpc) is 2.92. The van der Waals surface area contributed by atoms with E-state index in [4.69, 9.17) is 9.47 Å². The lowest BCUT2D eigenvalue weighted by Gasteiger charge is -2.49. The van der Waals surface area contributed by atoms with Crippen LogP contribution in [0.5, 0.6) is 0 Å². The van der Waals surface area contributed by atoms with Gasteiger partial charge in [0.2, 0.25) is 5.79 Å². The van der Waals surface area contributed by atoms with Gasteiger partial charge in [-0.15, -0.1) is 0 Å². The number of piperazine rings is 1. The second-order valence-corrected chi connectivity index (χ2v) is 12.5. The summed E-state index contributed by atoms with van der Waals surface area (Å²) in [5, 5.41) is 10.5. The molecule has 5 nitrogen and oxygen atoms in total. The molecule has 1 fully saturated rings. The molecule has 0 amide bonds. The van der Waals surface area contributed by atoms with Crippen molar-refractivity contribution in [2.75, 3.05) is 37.7 Å². The van der Waals surface area contributed by atoms with Gasteiger partial charge in [0, 0.05) is 43.8 Å². The molecule has 1 aromatic carbocycles. The molecule has 3 aliphatic heterocycles. The van der Waals surface area contributed by atoms with Gasteiger partial charge < -0.3 is 19.5 Å². The fraction of sp³-hybridized carbons (Fsp3) is 0.543. The van der Waals surface area contributed by atoms with E-state index in [0.717, 1.165) is 57.4 Å². The van der Waals surface area contributed by atoms with Crippen molar-refractivity contribution in [3.63, 3.8) is 0 Å². The molecule has 216 valence electrons. The average molecular weight is 545 g/mol. The summed E-state index contributed by atoms with van der Waals surface area (Å²) in [6.45, 7) is 15.1. The molecule has 1 N–H and O–H groups in total. The van der Waals surface area contributed by atoms with Crippen LogP contribution in [0, 0.1) is 5.92 Å². The van der Waals surface area contributed by atoms with Crippen LogP contribution in [0.2, 0.25) is 0 Å². The maximum absolute atomic E-state index is 10.5.